The van der Waals surface area contributed by atoms with Crippen molar-refractivity contribution in [1.82, 2.24) is 14.8 Å². The number of aromatic nitrogens is 3. The fourth-order valence-corrected chi connectivity index (χ4v) is 3.18. The summed E-state index contributed by atoms with van der Waals surface area (Å²) in [4.78, 5) is 16.8. The first-order valence-corrected chi connectivity index (χ1v) is 8.64. The van der Waals surface area contributed by atoms with Crippen LogP contribution in [0.5, 0.6) is 0 Å². The topological polar surface area (TPSA) is 59.8 Å². The van der Waals surface area contributed by atoms with Gasteiger partial charge in [0.25, 0.3) is 6.43 Å². The lowest BCUT2D eigenvalue weighted by atomic mass is 10.1. The van der Waals surface area contributed by atoms with Crippen LogP contribution in [0.1, 0.15) is 42.1 Å². The summed E-state index contributed by atoms with van der Waals surface area (Å²) >= 11 is 0. The van der Waals surface area contributed by atoms with Crippen LogP contribution in [-0.4, -0.2) is 20.7 Å². The Bertz CT molecular complexity index is 1030. The maximum Gasteiger partial charge on any atom is 0.264 e. The predicted octanol–water partition coefficient (Wildman–Crippen LogP) is 4.33. The molecule has 5 nitrogen and oxygen atoms in total. The number of hydrogen-bond acceptors (Lipinski definition) is 3. The summed E-state index contributed by atoms with van der Waals surface area (Å²) in [6, 6.07) is 6.97. The Kier molecular flexibility index (Phi) is 4.33. The minimum absolute atomic E-state index is 0.101. The molecule has 1 aromatic carbocycles. The lowest BCUT2D eigenvalue weighted by Gasteiger charge is -2.08. The van der Waals surface area contributed by atoms with Crippen molar-refractivity contribution in [2.45, 2.75) is 38.7 Å². The van der Waals surface area contributed by atoms with Crippen LogP contribution in [0.4, 0.5) is 18.9 Å². The molecule has 27 heavy (non-hydrogen) atoms. The van der Waals surface area contributed by atoms with Gasteiger partial charge in [-0.2, -0.15) is 5.10 Å². The van der Waals surface area contributed by atoms with Crippen molar-refractivity contribution < 1.29 is 18.0 Å². The third-order valence-electron chi connectivity index (χ3n) is 4.56. The number of halogens is 3. The van der Waals surface area contributed by atoms with Gasteiger partial charge in [-0.05, 0) is 44.0 Å². The van der Waals surface area contributed by atoms with Crippen LogP contribution < -0.4 is 5.32 Å². The van der Waals surface area contributed by atoms with Gasteiger partial charge < -0.3 is 5.32 Å². The van der Waals surface area contributed by atoms with Crippen LogP contribution in [0, 0.1) is 12.7 Å². The molecule has 8 heteroatoms. The summed E-state index contributed by atoms with van der Waals surface area (Å²) < 4.78 is 41.7. The summed E-state index contributed by atoms with van der Waals surface area (Å²) in [5, 5.41) is 7.10. The zero-order chi connectivity index (χ0) is 19.1. The quantitative estimate of drug-likeness (QED) is 0.723. The number of aryl methyl sites for hydroxylation is 1. The number of rotatable bonds is 5. The number of alkyl halides is 2. The van der Waals surface area contributed by atoms with E-state index in [2.05, 4.69) is 15.4 Å². The Labute approximate surface area is 153 Å². The van der Waals surface area contributed by atoms with Gasteiger partial charge >= 0.3 is 0 Å². The molecule has 2 aromatic heterocycles. The lowest BCUT2D eigenvalue weighted by Crippen LogP contribution is -2.20. The van der Waals surface area contributed by atoms with Crippen molar-refractivity contribution in [3.63, 3.8) is 0 Å². The second kappa shape index (κ2) is 6.68. The van der Waals surface area contributed by atoms with E-state index in [1.807, 2.05) is 0 Å². The van der Waals surface area contributed by atoms with Crippen LogP contribution in [0.25, 0.3) is 11.0 Å². The van der Waals surface area contributed by atoms with E-state index in [9.17, 15) is 18.0 Å². The highest BCUT2D eigenvalue weighted by Gasteiger charge is 2.29. The molecule has 1 N–H and O–H groups in total. The number of nitrogens with zero attached hydrogens (tertiary/aromatic N) is 3. The summed E-state index contributed by atoms with van der Waals surface area (Å²) in [5.74, 6) is -0.718. The predicted molar refractivity (Wildman–Crippen MR) is 94.2 cm³/mol. The van der Waals surface area contributed by atoms with E-state index < -0.39 is 18.1 Å². The van der Waals surface area contributed by atoms with Gasteiger partial charge in [-0.1, -0.05) is 6.07 Å². The smallest absolute Gasteiger partial charge is 0.264 e. The van der Waals surface area contributed by atoms with E-state index >= 15 is 0 Å². The normalized spacial score (nSPS) is 14.1. The highest BCUT2D eigenvalue weighted by molar-refractivity contribution is 5.92. The standard InChI is InChI=1S/C19H17F3N4O/c1-10-17-14(18(21)22)8-15(11-5-6-11)24-19(17)26(25-10)9-16(27)23-13-4-2-3-12(20)7-13/h2-4,7-8,11,18H,5-6,9H2,1H3,(H,23,27). The summed E-state index contributed by atoms with van der Waals surface area (Å²) in [5.41, 5.74) is 1.50. The third-order valence-corrected chi connectivity index (χ3v) is 4.56. The number of benzene rings is 1. The molecule has 0 saturated heterocycles. The van der Waals surface area contributed by atoms with Crippen molar-refractivity contribution in [2.24, 2.45) is 0 Å². The number of pyridine rings is 1. The maximum atomic E-state index is 13.6. The lowest BCUT2D eigenvalue weighted by molar-refractivity contribution is -0.116. The second-order valence-electron chi connectivity index (χ2n) is 6.71. The third kappa shape index (κ3) is 3.51. The number of nitrogens with one attached hydrogen (secondary N) is 1. The van der Waals surface area contributed by atoms with Crippen molar-refractivity contribution in [2.75, 3.05) is 5.32 Å². The zero-order valence-electron chi connectivity index (χ0n) is 14.5. The summed E-state index contributed by atoms with van der Waals surface area (Å²) in [7, 11) is 0. The number of anilines is 1. The molecule has 1 aliphatic carbocycles. The number of amides is 1. The minimum Gasteiger partial charge on any atom is -0.324 e. The monoisotopic (exact) mass is 374 g/mol. The first-order chi connectivity index (χ1) is 12.9. The molecule has 1 saturated carbocycles. The fraction of sp³-hybridized carbons (Fsp3) is 0.316. The molecule has 2 heterocycles. The van der Waals surface area contributed by atoms with Gasteiger partial charge in [0.1, 0.15) is 12.4 Å². The average Bonchev–Trinajstić information content (AvgIpc) is 3.40. The van der Waals surface area contributed by atoms with Crippen LogP contribution in [-0.2, 0) is 11.3 Å². The molecule has 0 spiro atoms. The highest BCUT2D eigenvalue weighted by atomic mass is 19.3. The molecule has 3 aromatic rings. The van der Waals surface area contributed by atoms with Crippen LogP contribution >= 0.6 is 0 Å². The van der Waals surface area contributed by atoms with Crippen molar-refractivity contribution in [1.29, 1.82) is 0 Å². The number of carbonyl (C=O) groups is 1. The molecule has 1 fully saturated rings. The summed E-state index contributed by atoms with van der Waals surface area (Å²) in [6.07, 6.45) is -0.798. The second-order valence-corrected chi connectivity index (χ2v) is 6.71. The molecule has 1 aliphatic rings. The van der Waals surface area contributed by atoms with E-state index in [1.165, 1.54) is 28.9 Å². The van der Waals surface area contributed by atoms with E-state index in [0.717, 1.165) is 12.8 Å². The minimum atomic E-state index is -2.65. The fourth-order valence-electron chi connectivity index (χ4n) is 3.18. The Hall–Kier alpha value is -2.90. The van der Waals surface area contributed by atoms with Crippen molar-refractivity contribution >= 4 is 22.6 Å². The molecule has 4 rings (SSSR count). The average molecular weight is 374 g/mol. The largest absolute Gasteiger partial charge is 0.324 e. The molecule has 140 valence electrons. The Morgan fingerprint density at radius 3 is 2.78 bits per heavy atom. The zero-order valence-corrected chi connectivity index (χ0v) is 14.5. The van der Waals surface area contributed by atoms with Gasteiger partial charge in [-0.15, -0.1) is 0 Å². The Morgan fingerprint density at radius 2 is 2.11 bits per heavy atom. The SMILES string of the molecule is Cc1nn(CC(=O)Nc2cccc(F)c2)c2nc(C3CC3)cc(C(F)F)c12. The van der Waals surface area contributed by atoms with Gasteiger partial charge in [0.2, 0.25) is 5.91 Å². The van der Waals surface area contributed by atoms with E-state index in [1.54, 1.807) is 13.0 Å². The number of hydrogen-bond donors (Lipinski definition) is 1. The van der Waals surface area contributed by atoms with Crippen LogP contribution in [0.15, 0.2) is 30.3 Å². The van der Waals surface area contributed by atoms with Crippen molar-refractivity contribution in [3.8, 4) is 0 Å². The van der Waals surface area contributed by atoms with E-state index in [4.69, 9.17) is 0 Å². The van der Waals surface area contributed by atoms with Crippen LogP contribution in [0.3, 0.4) is 0 Å². The van der Waals surface area contributed by atoms with E-state index in [0.29, 0.717) is 17.1 Å². The Balaban J connectivity index is 1.68. The first-order valence-electron chi connectivity index (χ1n) is 8.64. The van der Waals surface area contributed by atoms with Gasteiger partial charge in [0.05, 0.1) is 11.1 Å². The van der Waals surface area contributed by atoms with E-state index in [-0.39, 0.29) is 29.1 Å². The van der Waals surface area contributed by atoms with Gasteiger partial charge in [0, 0.05) is 22.9 Å². The maximum absolute atomic E-state index is 13.6. The first kappa shape index (κ1) is 17.5. The number of fused-ring (bicyclic) bond motifs is 1. The molecule has 0 aliphatic heterocycles. The van der Waals surface area contributed by atoms with Crippen LogP contribution in [0.2, 0.25) is 0 Å². The Morgan fingerprint density at radius 1 is 1.33 bits per heavy atom. The highest BCUT2D eigenvalue weighted by Crippen LogP contribution is 2.41. The number of carbonyl (C=O) groups excluding carboxylic acids is 1. The molecule has 0 radical (unpaired) electrons. The molecular weight excluding hydrogens is 357 g/mol. The van der Waals surface area contributed by atoms with Gasteiger partial charge in [-0.3, -0.25) is 4.79 Å². The molecular formula is C19H17F3N4O. The molecule has 0 unspecified atom stereocenters. The van der Waals surface area contributed by atoms with Gasteiger partial charge in [-0.25, -0.2) is 22.8 Å². The molecule has 0 atom stereocenters. The molecule has 1 amide bonds. The van der Waals surface area contributed by atoms with Gasteiger partial charge in [0.15, 0.2) is 5.65 Å². The van der Waals surface area contributed by atoms with Crippen molar-refractivity contribution in [3.05, 3.63) is 53.1 Å². The summed E-state index contributed by atoms with van der Waals surface area (Å²) in [6.45, 7) is 1.41. The molecule has 0 bridgehead atoms.